The highest BCUT2D eigenvalue weighted by atomic mass is 35.5. The van der Waals surface area contributed by atoms with Crippen LogP contribution in [0.5, 0.6) is 0 Å². The van der Waals surface area contributed by atoms with Gasteiger partial charge in [-0.2, -0.15) is 0 Å². The monoisotopic (exact) mass is 432 g/mol. The first-order chi connectivity index (χ1) is 13.9. The van der Waals surface area contributed by atoms with Gasteiger partial charge in [-0.25, -0.2) is 8.42 Å². The van der Waals surface area contributed by atoms with E-state index in [1.165, 1.54) is 0 Å². The molecule has 1 aliphatic heterocycles. The molecule has 1 aromatic heterocycles. The van der Waals surface area contributed by atoms with Gasteiger partial charge in [-0.1, -0.05) is 41.9 Å². The topological polar surface area (TPSA) is 68.6 Å². The molecule has 0 bridgehead atoms. The number of hydrogen-bond acceptors (Lipinski definition) is 4. The molecule has 2 aromatic carbocycles. The standard InChI is InChI=1S/C21H21ClN2O4S/c22-17-5-3-4-16(12-17)15-29(26,27)20-13-24(19-7-2-1-6-18(19)20)14-21(25)23-8-10-28-11-9-23/h1-7,12-13H,8-11,14-15H2. The first-order valence-corrected chi connectivity index (χ1v) is 11.4. The van der Waals surface area contributed by atoms with Gasteiger partial charge in [0.25, 0.3) is 0 Å². The Balaban J connectivity index is 1.67. The fourth-order valence-electron chi connectivity index (χ4n) is 3.57. The van der Waals surface area contributed by atoms with Crippen molar-refractivity contribution in [3.05, 3.63) is 65.3 Å². The number of amides is 1. The second kappa shape index (κ2) is 8.18. The van der Waals surface area contributed by atoms with Crippen molar-refractivity contribution in [1.82, 2.24) is 9.47 Å². The number of rotatable bonds is 5. The number of carbonyl (C=O) groups excluding carboxylic acids is 1. The Bertz CT molecular complexity index is 1150. The zero-order chi connectivity index (χ0) is 20.4. The number of fused-ring (bicyclic) bond motifs is 1. The van der Waals surface area contributed by atoms with Crippen LogP contribution in [0.15, 0.2) is 59.6 Å². The molecule has 0 spiro atoms. The average Bonchev–Trinajstić information content (AvgIpc) is 3.08. The summed E-state index contributed by atoms with van der Waals surface area (Å²) in [4.78, 5) is 14.7. The molecule has 152 valence electrons. The van der Waals surface area contributed by atoms with Gasteiger partial charge in [-0.15, -0.1) is 0 Å². The van der Waals surface area contributed by atoms with Gasteiger partial charge in [0.2, 0.25) is 5.91 Å². The summed E-state index contributed by atoms with van der Waals surface area (Å²) in [6, 6.07) is 14.1. The molecule has 1 aliphatic rings. The van der Waals surface area contributed by atoms with Crippen molar-refractivity contribution < 1.29 is 17.9 Å². The number of nitrogens with zero attached hydrogens (tertiary/aromatic N) is 2. The molecule has 0 unspecified atom stereocenters. The normalized spacial score (nSPS) is 15.0. The lowest BCUT2D eigenvalue weighted by molar-refractivity contribution is -0.135. The summed E-state index contributed by atoms with van der Waals surface area (Å²) in [5.74, 6) is -0.202. The van der Waals surface area contributed by atoms with E-state index in [1.807, 2.05) is 12.1 Å². The van der Waals surface area contributed by atoms with E-state index in [1.54, 1.807) is 52.1 Å². The Hall–Kier alpha value is -2.35. The number of para-hydroxylation sites is 1. The van der Waals surface area contributed by atoms with Crippen molar-refractivity contribution in [2.45, 2.75) is 17.2 Å². The maximum atomic E-state index is 13.2. The van der Waals surface area contributed by atoms with Crippen LogP contribution in [0.4, 0.5) is 0 Å². The van der Waals surface area contributed by atoms with E-state index in [-0.39, 0.29) is 23.1 Å². The van der Waals surface area contributed by atoms with E-state index in [9.17, 15) is 13.2 Å². The Morgan fingerprint density at radius 3 is 2.59 bits per heavy atom. The highest BCUT2D eigenvalue weighted by Gasteiger charge is 2.24. The van der Waals surface area contributed by atoms with E-state index >= 15 is 0 Å². The molecule has 29 heavy (non-hydrogen) atoms. The van der Waals surface area contributed by atoms with Gasteiger partial charge < -0.3 is 14.2 Å². The van der Waals surface area contributed by atoms with Gasteiger partial charge in [0, 0.05) is 35.2 Å². The number of sulfone groups is 1. The highest BCUT2D eigenvalue weighted by Crippen LogP contribution is 2.28. The summed E-state index contributed by atoms with van der Waals surface area (Å²) in [5, 5.41) is 1.11. The fraction of sp³-hybridized carbons (Fsp3) is 0.286. The predicted molar refractivity (Wildman–Crippen MR) is 112 cm³/mol. The summed E-state index contributed by atoms with van der Waals surface area (Å²) in [5.41, 5.74) is 1.34. The Kier molecular flexibility index (Phi) is 5.63. The number of hydrogen-bond donors (Lipinski definition) is 0. The van der Waals surface area contributed by atoms with Gasteiger partial charge in [0.1, 0.15) is 6.54 Å². The zero-order valence-electron chi connectivity index (χ0n) is 15.8. The van der Waals surface area contributed by atoms with Crippen LogP contribution in [-0.4, -0.2) is 50.1 Å². The van der Waals surface area contributed by atoms with E-state index in [0.29, 0.717) is 42.3 Å². The molecular weight excluding hydrogens is 412 g/mol. The first-order valence-electron chi connectivity index (χ1n) is 9.35. The van der Waals surface area contributed by atoms with Gasteiger partial charge in [-0.3, -0.25) is 4.79 Å². The van der Waals surface area contributed by atoms with Crippen LogP contribution in [0.25, 0.3) is 10.9 Å². The van der Waals surface area contributed by atoms with Crippen molar-refractivity contribution in [2.24, 2.45) is 0 Å². The minimum absolute atomic E-state index is 0.0483. The molecule has 0 N–H and O–H groups in total. The molecular formula is C21H21ClN2O4S. The molecule has 0 aliphatic carbocycles. The Morgan fingerprint density at radius 1 is 1.07 bits per heavy atom. The van der Waals surface area contributed by atoms with Crippen molar-refractivity contribution in [3.63, 3.8) is 0 Å². The summed E-state index contributed by atoms with van der Waals surface area (Å²) in [7, 11) is -3.62. The molecule has 3 aromatic rings. The largest absolute Gasteiger partial charge is 0.378 e. The summed E-state index contributed by atoms with van der Waals surface area (Å²) in [6.45, 7) is 2.25. The quantitative estimate of drug-likeness (QED) is 0.621. The predicted octanol–water partition coefficient (Wildman–Crippen LogP) is 3.13. The molecule has 6 nitrogen and oxygen atoms in total. The molecule has 0 radical (unpaired) electrons. The van der Waals surface area contributed by atoms with E-state index < -0.39 is 9.84 Å². The van der Waals surface area contributed by atoms with Crippen LogP contribution in [0, 0.1) is 0 Å². The number of ether oxygens (including phenoxy) is 1. The Labute approximate surface area is 174 Å². The number of benzene rings is 2. The van der Waals surface area contributed by atoms with E-state index in [2.05, 4.69) is 0 Å². The van der Waals surface area contributed by atoms with Crippen molar-refractivity contribution in [2.75, 3.05) is 26.3 Å². The summed E-state index contributed by atoms with van der Waals surface area (Å²) >= 11 is 6.00. The van der Waals surface area contributed by atoms with Crippen molar-refractivity contribution >= 4 is 38.2 Å². The van der Waals surface area contributed by atoms with Gasteiger partial charge >= 0.3 is 0 Å². The van der Waals surface area contributed by atoms with Crippen LogP contribution < -0.4 is 0 Å². The first kappa shape index (κ1) is 19.9. The van der Waals surface area contributed by atoms with Crippen LogP contribution in [0.3, 0.4) is 0 Å². The fourth-order valence-corrected chi connectivity index (χ4v) is 5.36. The number of halogens is 1. The number of carbonyl (C=O) groups is 1. The van der Waals surface area contributed by atoms with E-state index in [4.69, 9.17) is 16.3 Å². The van der Waals surface area contributed by atoms with Crippen LogP contribution in [-0.2, 0) is 31.7 Å². The van der Waals surface area contributed by atoms with Gasteiger partial charge in [-0.05, 0) is 23.8 Å². The van der Waals surface area contributed by atoms with Gasteiger partial charge in [0.15, 0.2) is 9.84 Å². The van der Waals surface area contributed by atoms with E-state index in [0.717, 1.165) is 5.52 Å². The lowest BCUT2D eigenvalue weighted by Gasteiger charge is -2.27. The minimum Gasteiger partial charge on any atom is -0.378 e. The molecule has 1 fully saturated rings. The lowest BCUT2D eigenvalue weighted by atomic mass is 10.2. The molecule has 8 heteroatoms. The molecule has 1 amide bonds. The SMILES string of the molecule is O=C(Cn1cc(S(=O)(=O)Cc2cccc(Cl)c2)c2ccccc21)N1CCOCC1. The third kappa shape index (κ3) is 4.32. The second-order valence-corrected chi connectivity index (χ2v) is 9.41. The summed E-state index contributed by atoms with van der Waals surface area (Å²) in [6.07, 6.45) is 1.57. The third-order valence-electron chi connectivity index (χ3n) is 5.00. The van der Waals surface area contributed by atoms with Crippen LogP contribution in [0.1, 0.15) is 5.56 Å². The summed E-state index contributed by atoms with van der Waals surface area (Å²) < 4.78 is 33.3. The smallest absolute Gasteiger partial charge is 0.242 e. The number of morpholine rings is 1. The third-order valence-corrected chi connectivity index (χ3v) is 6.95. The zero-order valence-corrected chi connectivity index (χ0v) is 17.3. The number of aromatic nitrogens is 1. The van der Waals surface area contributed by atoms with Crippen LogP contribution in [0.2, 0.25) is 5.02 Å². The molecule has 0 saturated carbocycles. The maximum Gasteiger partial charge on any atom is 0.242 e. The second-order valence-electron chi connectivity index (χ2n) is 7.02. The van der Waals surface area contributed by atoms with Crippen molar-refractivity contribution in [1.29, 1.82) is 0 Å². The highest BCUT2D eigenvalue weighted by molar-refractivity contribution is 7.90. The lowest BCUT2D eigenvalue weighted by Crippen LogP contribution is -2.42. The van der Waals surface area contributed by atoms with Crippen molar-refractivity contribution in [3.8, 4) is 0 Å². The average molecular weight is 433 g/mol. The molecule has 2 heterocycles. The van der Waals surface area contributed by atoms with Gasteiger partial charge in [0.05, 0.1) is 23.9 Å². The molecule has 1 saturated heterocycles. The maximum absolute atomic E-state index is 13.2. The van der Waals surface area contributed by atoms with Crippen LogP contribution >= 0.6 is 11.6 Å². The Morgan fingerprint density at radius 2 is 1.83 bits per heavy atom. The molecule has 0 atom stereocenters. The molecule has 4 rings (SSSR count). The minimum atomic E-state index is -3.62.